The molecule has 1 heterocycles. The van der Waals surface area contributed by atoms with E-state index in [-0.39, 0.29) is 11.9 Å². The maximum absolute atomic E-state index is 11.6. The van der Waals surface area contributed by atoms with Crippen LogP contribution in [0.25, 0.3) is 0 Å². The third-order valence-corrected chi connectivity index (χ3v) is 4.52. The van der Waals surface area contributed by atoms with Gasteiger partial charge in [-0.05, 0) is 18.9 Å². The van der Waals surface area contributed by atoms with Gasteiger partial charge in [0.15, 0.2) is 0 Å². The van der Waals surface area contributed by atoms with Crippen molar-refractivity contribution in [3.8, 4) is 0 Å². The van der Waals surface area contributed by atoms with E-state index in [0.29, 0.717) is 5.92 Å². The molecule has 1 aliphatic rings. The fourth-order valence-electron chi connectivity index (χ4n) is 3.18. The fraction of sp³-hybridized carbons (Fsp3) is 0.941. The van der Waals surface area contributed by atoms with Gasteiger partial charge in [-0.1, -0.05) is 58.8 Å². The third kappa shape index (κ3) is 6.25. The molecule has 0 aromatic heterocycles. The van der Waals surface area contributed by atoms with Gasteiger partial charge in [0.25, 0.3) is 0 Å². The number of unbranched alkanes of at least 4 members (excludes halogenated alkanes) is 7. The number of rotatable bonds is 10. The maximum atomic E-state index is 11.6. The van der Waals surface area contributed by atoms with Crippen LogP contribution in [-0.2, 0) is 9.53 Å². The zero-order valence-electron chi connectivity index (χ0n) is 13.7. The Kier molecular flexibility index (Phi) is 8.92. The number of carbonyl (C=O) groups excluding carboxylic acids is 1. The Morgan fingerprint density at radius 2 is 1.65 bits per heavy atom. The minimum Gasteiger partial charge on any atom is -0.469 e. The first-order valence-corrected chi connectivity index (χ1v) is 8.49. The summed E-state index contributed by atoms with van der Waals surface area (Å²) in [4.78, 5) is 14.1. The summed E-state index contributed by atoms with van der Waals surface area (Å²) >= 11 is 0. The van der Waals surface area contributed by atoms with E-state index in [1.54, 1.807) is 0 Å². The minimum absolute atomic E-state index is 0.0316. The zero-order chi connectivity index (χ0) is 14.8. The molecule has 0 aromatic rings. The summed E-state index contributed by atoms with van der Waals surface area (Å²) in [5.41, 5.74) is 0. The number of nitrogens with zero attached hydrogens (tertiary/aromatic N) is 1. The standard InChI is InChI=1S/C17H33NO2/c1-4-5-6-7-8-9-10-11-12-18-13-15(2)16(14-18)17(19)20-3/h15-16H,4-14H2,1-3H3. The van der Waals surface area contributed by atoms with Gasteiger partial charge in [0.05, 0.1) is 13.0 Å². The molecular weight excluding hydrogens is 250 g/mol. The van der Waals surface area contributed by atoms with Gasteiger partial charge in [0, 0.05) is 13.1 Å². The summed E-state index contributed by atoms with van der Waals surface area (Å²) in [6.07, 6.45) is 10.9. The average Bonchev–Trinajstić information content (AvgIpc) is 2.82. The number of hydrogen-bond donors (Lipinski definition) is 0. The van der Waals surface area contributed by atoms with Crippen molar-refractivity contribution in [1.29, 1.82) is 0 Å². The molecule has 0 saturated carbocycles. The van der Waals surface area contributed by atoms with Crippen LogP contribution in [0.2, 0.25) is 0 Å². The van der Waals surface area contributed by atoms with Crippen LogP contribution in [0.1, 0.15) is 65.2 Å². The number of ether oxygens (including phenoxy) is 1. The van der Waals surface area contributed by atoms with E-state index in [9.17, 15) is 4.79 Å². The lowest BCUT2D eigenvalue weighted by atomic mass is 9.99. The van der Waals surface area contributed by atoms with Gasteiger partial charge in [-0.2, -0.15) is 0 Å². The molecular formula is C17H33NO2. The van der Waals surface area contributed by atoms with E-state index in [0.717, 1.165) is 19.6 Å². The van der Waals surface area contributed by atoms with Gasteiger partial charge in [-0.25, -0.2) is 0 Å². The smallest absolute Gasteiger partial charge is 0.310 e. The van der Waals surface area contributed by atoms with Crippen LogP contribution < -0.4 is 0 Å². The summed E-state index contributed by atoms with van der Waals surface area (Å²) in [5, 5.41) is 0. The van der Waals surface area contributed by atoms with Crippen molar-refractivity contribution in [3.63, 3.8) is 0 Å². The number of carbonyl (C=O) groups is 1. The van der Waals surface area contributed by atoms with Gasteiger partial charge in [0.1, 0.15) is 0 Å². The first-order valence-electron chi connectivity index (χ1n) is 8.49. The maximum Gasteiger partial charge on any atom is 0.310 e. The zero-order valence-corrected chi connectivity index (χ0v) is 13.7. The summed E-state index contributed by atoms with van der Waals surface area (Å²) in [6, 6.07) is 0. The molecule has 3 heteroatoms. The third-order valence-electron chi connectivity index (χ3n) is 4.52. The lowest BCUT2D eigenvalue weighted by Crippen LogP contribution is -2.25. The number of hydrogen-bond acceptors (Lipinski definition) is 3. The monoisotopic (exact) mass is 283 g/mol. The molecule has 3 nitrogen and oxygen atoms in total. The van der Waals surface area contributed by atoms with Crippen LogP contribution in [0.4, 0.5) is 0 Å². The van der Waals surface area contributed by atoms with Crippen molar-refractivity contribution >= 4 is 5.97 Å². The van der Waals surface area contributed by atoms with Crippen molar-refractivity contribution in [1.82, 2.24) is 4.90 Å². The Balaban J connectivity index is 2.02. The lowest BCUT2D eigenvalue weighted by Gasteiger charge is -2.15. The van der Waals surface area contributed by atoms with Gasteiger partial charge in [-0.3, -0.25) is 4.79 Å². The van der Waals surface area contributed by atoms with Crippen LogP contribution in [0, 0.1) is 11.8 Å². The summed E-state index contributed by atoms with van der Waals surface area (Å²) in [7, 11) is 1.50. The van der Waals surface area contributed by atoms with Gasteiger partial charge >= 0.3 is 5.97 Å². The van der Waals surface area contributed by atoms with E-state index in [4.69, 9.17) is 4.74 Å². The van der Waals surface area contributed by atoms with Gasteiger partial charge in [-0.15, -0.1) is 0 Å². The summed E-state index contributed by atoms with van der Waals surface area (Å²) in [6.45, 7) is 7.52. The molecule has 20 heavy (non-hydrogen) atoms. The van der Waals surface area contributed by atoms with Gasteiger partial charge in [0.2, 0.25) is 0 Å². The molecule has 0 bridgehead atoms. The quantitative estimate of drug-likeness (QED) is 0.450. The van der Waals surface area contributed by atoms with Crippen molar-refractivity contribution in [2.75, 3.05) is 26.7 Å². The molecule has 1 fully saturated rings. The van der Waals surface area contributed by atoms with Crippen LogP contribution in [-0.4, -0.2) is 37.6 Å². The van der Waals surface area contributed by atoms with E-state index in [2.05, 4.69) is 18.7 Å². The van der Waals surface area contributed by atoms with E-state index in [1.165, 1.54) is 58.5 Å². The van der Waals surface area contributed by atoms with Crippen molar-refractivity contribution < 1.29 is 9.53 Å². The predicted molar refractivity (Wildman–Crippen MR) is 83.7 cm³/mol. The highest BCUT2D eigenvalue weighted by molar-refractivity contribution is 5.73. The molecule has 0 spiro atoms. The largest absolute Gasteiger partial charge is 0.469 e. The second-order valence-electron chi connectivity index (χ2n) is 6.34. The van der Waals surface area contributed by atoms with Crippen LogP contribution in [0.15, 0.2) is 0 Å². The molecule has 1 rings (SSSR count). The molecule has 0 aliphatic carbocycles. The Hall–Kier alpha value is -0.570. The summed E-state index contributed by atoms with van der Waals surface area (Å²) < 4.78 is 4.88. The predicted octanol–water partition coefficient (Wildman–Crippen LogP) is 3.87. The van der Waals surface area contributed by atoms with E-state index >= 15 is 0 Å². The van der Waals surface area contributed by atoms with Crippen LogP contribution >= 0.6 is 0 Å². The van der Waals surface area contributed by atoms with E-state index in [1.807, 2.05) is 0 Å². The van der Waals surface area contributed by atoms with Crippen molar-refractivity contribution in [3.05, 3.63) is 0 Å². The molecule has 1 saturated heterocycles. The molecule has 0 N–H and O–H groups in total. The number of esters is 1. The lowest BCUT2D eigenvalue weighted by molar-refractivity contribution is -0.146. The fourth-order valence-corrected chi connectivity index (χ4v) is 3.18. The second-order valence-corrected chi connectivity index (χ2v) is 6.34. The average molecular weight is 283 g/mol. The van der Waals surface area contributed by atoms with Gasteiger partial charge < -0.3 is 9.64 Å². The molecule has 0 amide bonds. The SMILES string of the molecule is CCCCCCCCCCN1CC(C)C(C(=O)OC)C1. The molecule has 118 valence electrons. The van der Waals surface area contributed by atoms with Crippen molar-refractivity contribution in [2.24, 2.45) is 11.8 Å². The Labute approximate surface area is 125 Å². The van der Waals surface area contributed by atoms with E-state index < -0.39 is 0 Å². The Morgan fingerprint density at radius 3 is 2.25 bits per heavy atom. The first kappa shape index (κ1) is 17.5. The first-order chi connectivity index (χ1) is 9.69. The highest BCUT2D eigenvalue weighted by atomic mass is 16.5. The Bertz CT molecular complexity index is 268. The highest BCUT2D eigenvalue weighted by Crippen LogP contribution is 2.24. The number of likely N-dealkylation sites (tertiary alicyclic amines) is 1. The Morgan fingerprint density at radius 1 is 1.05 bits per heavy atom. The molecule has 1 aliphatic heterocycles. The topological polar surface area (TPSA) is 29.5 Å². The second kappa shape index (κ2) is 10.2. The summed E-state index contributed by atoms with van der Waals surface area (Å²) in [5.74, 6) is 0.501. The normalized spacial score (nSPS) is 23.1. The molecule has 2 atom stereocenters. The van der Waals surface area contributed by atoms with Crippen LogP contribution in [0.5, 0.6) is 0 Å². The number of methoxy groups -OCH3 is 1. The highest BCUT2D eigenvalue weighted by Gasteiger charge is 2.34. The minimum atomic E-state index is -0.0316. The molecule has 2 unspecified atom stereocenters. The molecule has 0 aromatic carbocycles. The molecule has 0 radical (unpaired) electrons. The van der Waals surface area contributed by atoms with Crippen LogP contribution in [0.3, 0.4) is 0 Å². The van der Waals surface area contributed by atoms with Crippen molar-refractivity contribution in [2.45, 2.75) is 65.2 Å².